The molecule has 43 heavy (non-hydrogen) atoms. The summed E-state index contributed by atoms with van der Waals surface area (Å²) in [5.74, 6) is -0.209. The Morgan fingerprint density at radius 2 is 1.72 bits per heavy atom. The lowest BCUT2D eigenvalue weighted by Gasteiger charge is -2.25. The van der Waals surface area contributed by atoms with Gasteiger partial charge in [0.25, 0.3) is 16.6 Å². The van der Waals surface area contributed by atoms with Crippen LogP contribution in [-0.2, 0) is 18.4 Å². The molecule has 11 heteroatoms. The smallest absolute Gasteiger partial charge is 0.343 e. The quantitative estimate of drug-likeness (QED) is 0.245. The van der Waals surface area contributed by atoms with Gasteiger partial charge < -0.3 is 4.90 Å². The molecule has 0 unspecified atom stereocenters. The number of para-hydroxylation sites is 2. The maximum atomic E-state index is 14.2. The van der Waals surface area contributed by atoms with Crippen molar-refractivity contribution in [2.75, 3.05) is 16.8 Å². The molecule has 214 valence electrons. The van der Waals surface area contributed by atoms with E-state index in [-0.39, 0.29) is 11.5 Å². The van der Waals surface area contributed by atoms with E-state index < -0.39 is 0 Å². The second-order valence-corrected chi connectivity index (χ2v) is 13.4. The van der Waals surface area contributed by atoms with Crippen LogP contribution in [0.15, 0.2) is 88.7 Å². The fraction of sp³-hybridized carbons (Fsp3) is 0.125. The summed E-state index contributed by atoms with van der Waals surface area (Å²) in [5, 5.41) is 1.92. The highest BCUT2D eigenvalue weighted by atomic mass is 35.5. The number of aromatic nitrogens is 2. The molecule has 0 atom stereocenters. The van der Waals surface area contributed by atoms with E-state index in [1.54, 1.807) is 9.47 Å². The minimum absolute atomic E-state index is 0.112. The zero-order valence-corrected chi connectivity index (χ0v) is 26.7. The Kier molecular flexibility index (Phi) is 7.09. The van der Waals surface area contributed by atoms with Crippen LogP contribution >= 0.6 is 46.0 Å². The van der Waals surface area contributed by atoms with E-state index >= 15 is 0 Å². The van der Waals surface area contributed by atoms with Crippen molar-refractivity contribution < 1.29 is 9.36 Å². The number of aryl methyl sites for hydroxylation is 1. The van der Waals surface area contributed by atoms with Gasteiger partial charge >= 0.3 is 5.13 Å². The van der Waals surface area contributed by atoms with Crippen LogP contribution in [0.5, 0.6) is 0 Å². The largest absolute Gasteiger partial charge is 0.385 e. The number of benzene rings is 3. The number of amides is 1. The fourth-order valence-electron chi connectivity index (χ4n) is 5.28. The highest BCUT2D eigenvalue weighted by Gasteiger charge is 2.40. The molecular formula is C32H25ClN5O2S3+. The molecule has 7 nitrogen and oxygen atoms in total. The Hall–Kier alpha value is -3.96. The number of halogens is 1. The normalized spacial score (nSPS) is 18.3. The van der Waals surface area contributed by atoms with Gasteiger partial charge in [0.05, 0.1) is 23.1 Å². The van der Waals surface area contributed by atoms with Crippen LogP contribution in [0, 0.1) is 0 Å². The van der Waals surface area contributed by atoms with Gasteiger partial charge in [-0.15, -0.1) is 11.3 Å². The lowest BCUT2D eigenvalue weighted by atomic mass is 10.1. The molecule has 0 radical (unpaired) electrons. The number of amidine groups is 1. The summed E-state index contributed by atoms with van der Waals surface area (Å²) in [6, 6.07) is 23.3. The van der Waals surface area contributed by atoms with E-state index in [0.717, 1.165) is 32.3 Å². The molecule has 0 aliphatic carbocycles. The fourth-order valence-corrected chi connectivity index (χ4v) is 9.06. The van der Waals surface area contributed by atoms with Gasteiger partial charge in [-0.05, 0) is 83.1 Å². The summed E-state index contributed by atoms with van der Waals surface area (Å²) in [6.07, 6.45) is 4.01. The van der Waals surface area contributed by atoms with Gasteiger partial charge in [-0.2, -0.15) is 0 Å². The standard InChI is InChI=1S/C32H25ClN5O2S3/c1-4-37-28(39)26(24-16-14-19-10-8-9-13-22(19)35(24)2)42-30(37)27-29(40)38(21-11-6-5-7-12-21)32(43-27)34-31-36(3)23-17-15-20(33)18-25(23)41-31/h5-18H,4H2,1-3H3/q+1/b26-24-,30-27-. The zero-order chi connectivity index (χ0) is 29.8. The van der Waals surface area contributed by atoms with Crippen molar-refractivity contribution >= 4 is 101 Å². The highest BCUT2D eigenvalue weighted by molar-refractivity contribution is 8.23. The van der Waals surface area contributed by atoms with Crippen LogP contribution in [0.4, 0.5) is 16.5 Å². The molecule has 0 spiro atoms. The second-order valence-electron chi connectivity index (χ2n) is 9.98. The summed E-state index contributed by atoms with van der Waals surface area (Å²) < 4.78 is 5.92. The lowest BCUT2D eigenvalue weighted by molar-refractivity contribution is -0.627. The van der Waals surface area contributed by atoms with Gasteiger partial charge in [-0.3, -0.25) is 14.2 Å². The van der Waals surface area contributed by atoms with Crippen molar-refractivity contribution in [3.63, 3.8) is 0 Å². The molecule has 1 fully saturated rings. The molecule has 2 aliphatic heterocycles. The summed E-state index contributed by atoms with van der Waals surface area (Å²) in [7, 11) is 3.92. The van der Waals surface area contributed by atoms with E-state index in [9.17, 15) is 9.59 Å². The summed E-state index contributed by atoms with van der Waals surface area (Å²) in [5.41, 5.74) is 4.53. The number of nitrogens with zero attached hydrogens (tertiary/aromatic N) is 5. The first-order valence-corrected chi connectivity index (χ1v) is 16.4. The Labute approximate surface area is 264 Å². The Morgan fingerprint density at radius 3 is 2.51 bits per heavy atom. The minimum atomic E-state index is -0.209. The third kappa shape index (κ3) is 4.65. The van der Waals surface area contributed by atoms with Crippen LogP contribution < -0.4 is 29.1 Å². The molecule has 2 aliphatic rings. The van der Waals surface area contributed by atoms with Gasteiger partial charge in [0.1, 0.15) is 19.6 Å². The molecule has 1 amide bonds. The van der Waals surface area contributed by atoms with Crippen molar-refractivity contribution in [3.8, 4) is 0 Å². The average Bonchev–Trinajstić information content (AvgIpc) is 3.63. The Morgan fingerprint density at radius 1 is 0.953 bits per heavy atom. The van der Waals surface area contributed by atoms with E-state index in [4.69, 9.17) is 16.6 Å². The van der Waals surface area contributed by atoms with Crippen LogP contribution in [-0.4, -0.2) is 22.7 Å². The van der Waals surface area contributed by atoms with Crippen molar-refractivity contribution in [1.29, 1.82) is 0 Å². The molecule has 5 aromatic rings. The van der Waals surface area contributed by atoms with Crippen LogP contribution in [0.1, 0.15) is 12.5 Å². The monoisotopic (exact) mass is 642 g/mol. The second kappa shape index (κ2) is 10.9. The van der Waals surface area contributed by atoms with Crippen molar-refractivity contribution in [2.45, 2.75) is 13.5 Å². The minimum Gasteiger partial charge on any atom is -0.343 e. The molecule has 4 heterocycles. The molecule has 1 saturated heterocycles. The summed E-state index contributed by atoms with van der Waals surface area (Å²) >= 11 is 10.4. The number of hydrogen-bond acceptors (Lipinski definition) is 7. The SMILES string of the molecule is CCn1c(=O)/c(=C2\C=Cc3ccccc3N2C)s/c1=C1\S/C(=N\c2sc3cc(Cl)ccc3[n+]2C)N(c2ccccc2)C1=O. The third-order valence-electron chi connectivity index (χ3n) is 7.47. The molecule has 3 aromatic carbocycles. The number of carbonyl (C=O) groups is 1. The number of hydrogen-bond donors (Lipinski definition) is 0. The van der Waals surface area contributed by atoms with E-state index in [0.29, 0.717) is 36.5 Å². The number of aliphatic imine (C=N–C) groups is 1. The van der Waals surface area contributed by atoms with Crippen LogP contribution in [0.25, 0.3) is 26.9 Å². The van der Waals surface area contributed by atoms with Gasteiger partial charge in [-0.25, -0.2) is 9.47 Å². The number of likely N-dealkylation sites (N-methyl/N-ethyl adjacent to an activating group) is 1. The lowest BCUT2D eigenvalue weighted by Crippen LogP contribution is -2.36. The predicted molar refractivity (Wildman–Crippen MR) is 181 cm³/mol. The number of carbonyl (C=O) groups excluding carboxylic acids is 1. The summed E-state index contributed by atoms with van der Waals surface area (Å²) in [6.45, 7) is 2.36. The average molecular weight is 643 g/mol. The van der Waals surface area contributed by atoms with Gasteiger partial charge in [-0.1, -0.05) is 54.1 Å². The number of thioether (sulfide) groups is 1. The first-order valence-electron chi connectivity index (χ1n) is 13.6. The maximum absolute atomic E-state index is 14.2. The van der Waals surface area contributed by atoms with E-state index in [1.165, 1.54) is 34.4 Å². The molecular weight excluding hydrogens is 618 g/mol. The molecule has 0 N–H and O–H groups in total. The number of fused-ring (bicyclic) bond motifs is 2. The van der Waals surface area contributed by atoms with Gasteiger partial charge in [0, 0.05) is 24.3 Å². The van der Waals surface area contributed by atoms with E-state index in [1.807, 2.05) is 109 Å². The number of rotatable bonds is 3. The molecule has 0 saturated carbocycles. The molecule has 7 rings (SSSR count). The number of anilines is 2. The highest BCUT2D eigenvalue weighted by Crippen LogP contribution is 2.38. The van der Waals surface area contributed by atoms with Crippen molar-refractivity contribution in [3.05, 3.63) is 109 Å². The first-order chi connectivity index (χ1) is 20.9. The molecule has 0 bridgehead atoms. The topological polar surface area (TPSA) is 61.8 Å². The Balaban J connectivity index is 1.44. The maximum Gasteiger partial charge on any atom is 0.385 e. The number of thiazole rings is 2. The predicted octanol–water partition coefficient (Wildman–Crippen LogP) is 5.47. The van der Waals surface area contributed by atoms with Crippen LogP contribution in [0.3, 0.4) is 0 Å². The van der Waals surface area contributed by atoms with E-state index in [2.05, 4.69) is 6.07 Å². The van der Waals surface area contributed by atoms with Crippen molar-refractivity contribution in [1.82, 2.24) is 4.57 Å². The molecule has 2 aromatic heterocycles. The zero-order valence-electron chi connectivity index (χ0n) is 23.4. The van der Waals surface area contributed by atoms with Gasteiger partial charge in [0.2, 0.25) is 0 Å². The van der Waals surface area contributed by atoms with Crippen LogP contribution in [0.2, 0.25) is 5.02 Å². The van der Waals surface area contributed by atoms with Crippen molar-refractivity contribution in [2.24, 2.45) is 12.0 Å². The third-order valence-corrected chi connectivity index (χ3v) is 11.2. The van der Waals surface area contributed by atoms with Gasteiger partial charge in [0.15, 0.2) is 0 Å². The first kappa shape index (κ1) is 27.8. The Bertz CT molecular complexity index is 2200. The summed E-state index contributed by atoms with van der Waals surface area (Å²) in [4.78, 5) is 37.2.